The lowest BCUT2D eigenvalue weighted by molar-refractivity contribution is 0.0926. The van der Waals surface area contributed by atoms with E-state index in [-0.39, 0.29) is 5.91 Å². The van der Waals surface area contributed by atoms with Crippen LogP contribution in [0.15, 0.2) is 27.8 Å². The maximum atomic E-state index is 12.6. The minimum atomic E-state index is -0.211. The van der Waals surface area contributed by atoms with E-state index in [9.17, 15) is 4.79 Å². The molecule has 0 atom stereocenters. The molecule has 1 aliphatic rings. The molecule has 154 valence electrons. The van der Waals surface area contributed by atoms with Crippen molar-refractivity contribution in [1.29, 1.82) is 0 Å². The maximum Gasteiger partial charge on any atom is 0.287 e. The SMILES string of the molecule is CSc1nnc(CCCNC(=O)c2oc3c(Cl)cccc3c2C)n1C1CCCC1. The number of amides is 1. The van der Waals surface area contributed by atoms with E-state index < -0.39 is 0 Å². The molecule has 0 saturated heterocycles. The molecule has 1 aromatic carbocycles. The highest BCUT2D eigenvalue weighted by Crippen LogP contribution is 2.33. The monoisotopic (exact) mass is 432 g/mol. The molecule has 2 heterocycles. The number of carbonyl (C=O) groups excluding carboxylic acids is 1. The molecule has 0 spiro atoms. The van der Waals surface area contributed by atoms with Crippen LogP contribution in [-0.2, 0) is 6.42 Å². The molecule has 4 rings (SSSR count). The smallest absolute Gasteiger partial charge is 0.287 e. The van der Waals surface area contributed by atoms with Gasteiger partial charge in [0.1, 0.15) is 5.82 Å². The van der Waals surface area contributed by atoms with Gasteiger partial charge in [-0.1, -0.05) is 48.3 Å². The average molecular weight is 433 g/mol. The number of hydrogen-bond donors (Lipinski definition) is 1. The molecule has 29 heavy (non-hydrogen) atoms. The number of para-hydroxylation sites is 1. The lowest BCUT2D eigenvalue weighted by Crippen LogP contribution is -2.25. The van der Waals surface area contributed by atoms with Gasteiger partial charge >= 0.3 is 0 Å². The highest BCUT2D eigenvalue weighted by molar-refractivity contribution is 7.98. The zero-order chi connectivity index (χ0) is 20.4. The van der Waals surface area contributed by atoms with Crippen LogP contribution in [0.25, 0.3) is 11.0 Å². The highest BCUT2D eigenvalue weighted by Gasteiger charge is 2.23. The number of rotatable bonds is 7. The fourth-order valence-electron chi connectivity index (χ4n) is 4.10. The summed E-state index contributed by atoms with van der Waals surface area (Å²) in [5, 5.41) is 14.1. The van der Waals surface area contributed by atoms with Crippen LogP contribution in [0.1, 0.15) is 60.1 Å². The summed E-state index contributed by atoms with van der Waals surface area (Å²) in [6, 6.07) is 6.05. The first kappa shape index (κ1) is 20.3. The second-order valence-corrected chi connectivity index (χ2v) is 8.62. The van der Waals surface area contributed by atoms with E-state index in [0.29, 0.717) is 29.0 Å². The van der Waals surface area contributed by atoms with Gasteiger partial charge in [-0.25, -0.2) is 0 Å². The zero-order valence-corrected chi connectivity index (χ0v) is 18.3. The van der Waals surface area contributed by atoms with Crippen molar-refractivity contribution >= 4 is 40.2 Å². The molecule has 1 saturated carbocycles. The first-order chi connectivity index (χ1) is 14.1. The maximum absolute atomic E-state index is 12.6. The van der Waals surface area contributed by atoms with Gasteiger partial charge in [0.25, 0.3) is 5.91 Å². The molecule has 0 aliphatic heterocycles. The van der Waals surface area contributed by atoms with Gasteiger partial charge in [0, 0.05) is 30.0 Å². The quantitative estimate of drug-likeness (QED) is 0.411. The number of aromatic nitrogens is 3. The number of benzene rings is 1. The van der Waals surface area contributed by atoms with Crippen LogP contribution < -0.4 is 5.32 Å². The Hall–Kier alpha value is -1.99. The Morgan fingerprint density at radius 3 is 2.86 bits per heavy atom. The van der Waals surface area contributed by atoms with Gasteiger partial charge in [-0.3, -0.25) is 4.79 Å². The third-order valence-electron chi connectivity index (χ3n) is 5.59. The molecule has 0 unspecified atom stereocenters. The van der Waals surface area contributed by atoms with Gasteiger partial charge < -0.3 is 14.3 Å². The van der Waals surface area contributed by atoms with Crippen molar-refractivity contribution in [3.63, 3.8) is 0 Å². The van der Waals surface area contributed by atoms with Crippen LogP contribution in [0.2, 0.25) is 5.02 Å². The summed E-state index contributed by atoms with van der Waals surface area (Å²) in [5.74, 6) is 1.13. The number of nitrogens with zero attached hydrogens (tertiary/aromatic N) is 3. The van der Waals surface area contributed by atoms with E-state index in [2.05, 4.69) is 20.1 Å². The Morgan fingerprint density at radius 2 is 2.14 bits per heavy atom. The van der Waals surface area contributed by atoms with E-state index in [0.717, 1.165) is 34.8 Å². The van der Waals surface area contributed by atoms with E-state index in [4.69, 9.17) is 16.0 Å². The van der Waals surface area contributed by atoms with Crippen LogP contribution >= 0.6 is 23.4 Å². The normalized spacial score (nSPS) is 14.7. The Bertz CT molecular complexity index is 1020. The fraction of sp³-hybridized carbons (Fsp3) is 0.476. The average Bonchev–Trinajstić information content (AvgIpc) is 3.44. The second-order valence-electron chi connectivity index (χ2n) is 7.44. The standard InChI is InChI=1S/C21H25ClN4O2S/c1-13-15-9-5-10-16(22)19(15)28-18(13)20(27)23-12-6-11-17-24-25-21(29-2)26(17)14-7-3-4-8-14/h5,9-10,14H,3-4,6-8,11-12H2,1-2H3,(H,23,27). The Kier molecular flexibility index (Phi) is 6.15. The van der Waals surface area contributed by atoms with Gasteiger partial charge in [0.05, 0.1) is 5.02 Å². The van der Waals surface area contributed by atoms with E-state index in [1.807, 2.05) is 25.3 Å². The summed E-state index contributed by atoms with van der Waals surface area (Å²) in [6.07, 6.45) is 8.56. The van der Waals surface area contributed by atoms with Crippen molar-refractivity contribution < 1.29 is 9.21 Å². The lowest BCUT2D eigenvalue weighted by atomic mass is 10.1. The minimum absolute atomic E-state index is 0.211. The van der Waals surface area contributed by atoms with Crippen molar-refractivity contribution in [3.05, 3.63) is 40.4 Å². The summed E-state index contributed by atoms with van der Waals surface area (Å²) in [7, 11) is 0. The number of fused-ring (bicyclic) bond motifs is 1. The van der Waals surface area contributed by atoms with Crippen LogP contribution in [0.5, 0.6) is 0 Å². The van der Waals surface area contributed by atoms with Gasteiger partial charge in [0.15, 0.2) is 16.5 Å². The van der Waals surface area contributed by atoms with Crippen molar-refractivity contribution in [2.24, 2.45) is 0 Å². The minimum Gasteiger partial charge on any atom is -0.449 e. The first-order valence-corrected chi connectivity index (χ1v) is 11.6. The molecule has 6 nitrogen and oxygen atoms in total. The van der Waals surface area contributed by atoms with Gasteiger partial charge in [-0.15, -0.1) is 10.2 Å². The molecule has 1 amide bonds. The van der Waals surface area contributed by atoms with Gasteiger partial charge in [-0.05, 0) is 38.5 Å². The summed E-state index contributed by atoms with van der Waals surface area (Å²) in [4.78, 5) is 12.6. The van der Waals surface area contributed by atoms with E-state index in [1.54, 1.807) is 17.8 Å². The lowest BCUT2D eigenvalue weighted by Gasteiger charge is -2.16. The van der Waals surface area contributed by atoms with Crippen LogP contribution in [-0.4, -0.2) is 33.5 Å². The molecular weight excluding hydrogens is 408 g/mol. The van der Waals surface area contributed by atoms with Gasteiger partial charge in [-0.2, -0.15) is 0 Å². The number of carbonyl (C=O) groups is 1. The summed E-state index contributed by atoms with van der Waals surface area (Å²) in [5.41, 5.74) is 1.37. The Labute approximate surface area is 179 Å². The third-order valence-corrected chi connectivity index (χ3v) is 6.53. The Balaban J connectivity index is 1.38. The molecule has 1 fully saturated rings. The molecule has 0 bridgehead atoms. The molecule has 2 aromatic heterocycles. The largest absolute Gasteiger partial charge is 0.449 e. The van der Waals surface area contributed by atoms with Crippen molar-refractivity contribution in [3.8, 4) is 0 Å². The van der Waals surface area contributed by atoms with Crippen molar-refractivity contribution in [2.45, 2.75) is 56.6 Å². The number of halogens is 1. The summed E-state index contributed by atoms with van der Waals surface area (Å²) >= 11 is 7.83. The van der Waals surface area contributed by atoms with Crippen LogP contribution in [0, 0.1) is 6.92 Å². The van der Waals surface area contributed by atoms with Gasteiger partial charge in [0.2, 0.25) is 0 Å². The molecule has 1 aliphatic carbocycles. The highest BCUT2D eigenvalue weighted by atomic mass is 35.5. The molecular formula is C21H25ClN4O2S. The second kappa shape index (κ2) is 8.79. The number of aryl methyl sites for hydroxylation is 2. The zero-order valence-electron chi connectivity index (χ0n) is 16.7. The predicted octanol–water partition coefficient (Wildman–Crippen LogP) is 5.19. The summed E-state index contributed by atoms with van der Waals surface area (Å²) < 4.78 is 8.05. The van der Waals surface area contributed by atoms with E-state index in [1.165, 1.54) is 25.7 Å². The third kappa shape index (κ3) is 4.03. The Morgan fingerprint density at radius 1 is 1.34 bits per heavy atom. The number of thioether (sulfide) groups is 1. The van der Waals surface area contributed by atoms with Crippen LogP contribution in [0.3, 0.4) is 0 Å². The summed E-state index contributed by atoms with van der Waals surface area (Å²) in [6.45, 7) is 2.43. The first-order valence-electron chi connectivity index (χ1n) is 10.0. The molecule has 8 heteroatoms. The van der Waals surface area contributed by atoms with Crippen molar-refractivity contribution in [2.75, 3.05) is 12.8 Å². The topological polar surface area (TPSA) is 73.0 Å². The van der Waals surface area contributed by atoms with Crippen LogP contribution in [0.4, 0.5) is 0 Å². The number of hydrogen-bond acceptors (Lipinski definition) is 5. The molecule has 3 aromatic rings. The van der Waals surface area contributed by atoms with Crippen molar-refractivity contribution in [1.82, 2.24) is 20.1 Å². The fourth-order valence-corrected chi connectivity index (χ4v) is 4.89. The number of nitrogens with one attached hydrogen (secondary N) is 1. The molecule has 1 N–H and O–H groups in total. The molecule has 0 radical (unpaired) electrons. The van der Waals surface area contributed by atoms with E-state index >= 15 is 0 Å². The predicted molar refractivity (Wildman–Crippen MR) is 116 cm³/mol. The number of furan rings is 1.